The summed E-state index contributed by atoms with van der Waals surface area (Å²) in [7, 11) is 1.41. The highest BCUT2D eigenvalue weighted by molar-refractivity contribution is 5.78. The van der Waals surface area contributed by atoms with E-state index in [0.29, 0.717) is 25.6 Å². The van der Waals surface area contributed by atoms with E-state index in [2.05, 4.69) is 19.2 Å². The number of esters is 1. The van der Waals surface area contributed by atoms with Crippen LogP contribution in [0, 0.1) is 11.8 Å². The first-order valence-corrected chi connectivity index (χ1v) is 6.59. The summed E-state index contributed by atoms with van der Waals surface area (Å²) in [5, 5.41) is 2.89. The molecular formula is C13H24N2O3. The van der Waals surface area contributed by atoms with Crippen molar-refractivity contribution in [1.29, 1.82) is 0 Å². The second-order valence-corrected chi connectivity index (χ2v) is 5.30. The van der Waals surface area contributed by atoms with Gasteiger partial charge in [0.2, 0.25) is 5.91 Å². The molecule has 0 spiro atoms. The van der Waals surface area contributed by atoms with Crippen molar-refractivity contribution in [3.05, 3.63) is 0 Å². The third-order valence-electron chi connectivity index (χ3n) is 3.11. The van der Waals surface area contributed by atoms with E-state index in [1.54, 1.807) is 0 Å². The molecule has 18 heavy (non-hydrogen) atoms. The van der Waals surface area contributed by atoms with E-state index in [0.717, 1.165) is 19.4 Å². The molecule has 104 valence electrons. The Hall–Kier alpha value is -1.10. The molecule has 0 bridgehead atoms. The summed E-state index contributed by atoms with van der Waals surface area (Å²) in [4.78, 5) is 25.2. The zero-order valence-corrected chi connectivity index (χ0v) is 11.6. The summed E-state index contributed by atoms with van der Waals surface area (Å²) < 4.78 is 4.76. The van der Waals surface area contributed by atoms with Gasteiger partial charge < -0.3 is 10.1 Å². The van der Waals surface area contributed by atoms with Crippen LogP contribution < -0.4 is 5.32 Å². The lowest BCUT2D eigenvalue weighted by Crippen LogP contribution is -2.45. The van der Waals surface area contributed by atoms with Gasteiger partial charge in [0, 0.05) is 13.1 Å². The van der Waals surface area contributed by atoms with Crippen molar-refractivity contribution in [2.75, 3.05) is 33.3 Å². The van der Waals surface area contributed by atoms with E-state index in [4.69, 9.17) is 4.74 Å². The number of hydrogen-bond donors (Lipinski definition) is 1. The van der Waals surface area contributed by atoms with Crippen LogP contribution in [0.2, 0.25) is 0 Å². The number of ether oxygens (including phenoxy) is 1. The number of likely N-dealkylation sites (tertiary alicyclic amines) is 1. The lowest BCUT2D eigenvalue weighted by atomic mass is 9.98. The van der Waals surface area contributed by atoms with Crippen LogP contribution in [-0.2, 0) is 14.3 Å². The van der Waals surface area contributed by atoms with Gasteiger partial charge in [0.05, 0.1) is 19.6 Å². The van der Waals surface area contributed by atoms with Gasteiger partial charge >= 0.3 is 5.97 Å². The fourth-order valence-electron chi connectivity index (χ4n) is 2.14. The Kier molecular flexibility index (Phi) is 6.12. The van der Waals surface area contributed by atoms with Crippen molar-refractivity contribution in [2.45, 2.75) is 26.7 Å². The van der Waals surface area contributed by atoms with Gasteiger partial charge in [-0.1, -0.05) is 13.8 Å². The third kappa shape index (κ3) is 5.04. The van der Waals surface area contributed by atoms with Crippen LogP contribution in [0.4, 0.5) is 0 Å². The first kappa shape index (κ1) is 15.0. The Morgan fingerprint density at radius 2 is 2.17 bits per heavy atom. The van der Waals surface area contributed by atoms with E-state index in [1.807, 2.05) is 4.90 Å². The molecule has 1 aliphatic rings. The highest BCUT2D eigenvalue weighted by Crippen LogP contribution is 2.17. The fraction of sp³-hybridized carbons (Fsp3) is 0.846. The zero-order valence-electron chi connectivity index (χ0n) is 11.6. The van der Waals surface area contributed by atoms with Crippen LogP contribution in [0.5, 0.6) is 0 Å². The van der Waals surface area contributed by atoms with E-state index >= 15 is 0 Å². The van der Waals surface area contributed by atoms with Crippen LogP contribution in [0.3, 0.4) is 0 Å². The van der Waals surface area contributed by atoms with Gasteiger partial charge in [-0.3, -0.25) is 14.5 Å². The van der Waals surface area contributed by atoms with Crippen molar-refractivity contribution in [1.82, 2.24) is 10.2 Å². The molecule has 5 nitrogen and oxygen atoms in total. The number of rotatable bonds is 5. The van der Waals surface area contributed by atoms with Crippen molar-refractivity contribution in [2.24, 2.45) is 11.8 Å². The Bertz CT molecular complexity index is 292. The van der Waals surface area contributed by atoms with E-state index in [-0.39, 0.29) is 17.8 Å². The minimum absolute atomic E-state index is 0.0363. The molecule has 0 aromatic heterocycles. The molecule has 1 N–H and O–H groups in total. The average molecular weight is 256 g/mol. The van der Waals surface area contributed by atoms with Gasteiger partial charge in [0.15, 0.2) is 0 Å². The first-order valence-electron chi connectivity index (χ1n) is 6.59. The molecule has 0 radical (unpaired) electrons. The van der Waals surface area contributed by atoms with Gasteiger partial charge in [-0.2, -0.15) is 0 Å². The third-order valence-corrected chi connectivity index (χ3v) is 3.11. The monoisotopic (exact) mass is 256 g/mol. The molecule has 0 aromatic carbocycles. The number of hydrogen-bond acceptors (Lipinski definition) is 4. The Balaban J connectivity index is 2.33. The summed E-state index contributed by atoms with van der Waals surface area (Å²) in [6, 6.07) is 0. The van der Waals surface area contributed by atoms with Crippen LogP contribution >= 0.6 is 0 Å². The molecule has 0 aromatic rings. The lowest BCUT2D eigenvalue weighted by Gasteiger charge is -2.30. The number of nitrogens with zero attached hydrogens (tertiary/aromatic N) is 1. The maximum Gasteiger partial charge on any atom is 0.309 e. The fourth-order valence-corrected chi connectivity index (χ4v) is 2.14. The maximum absolute atomic E-state index is 11.7. The molecule has 1 amide bonds. The molecule has 1 heterocycles. The SMILES string of the molecule is COC(=O)C1CCCN(CC(=O)NCC(C)C)C1. The first-order chi connectivity index (χ1) is 8.52. The highest BCUT2D eigenvalue weighted by Gasteiger charge is 2.27. The number of carbonyl (C=O) groups excluding carboxylic acids is 2. The van der Waals surface area contributed by atoms with E-state index in [9.17, 15) is 9.59 Å². The van der Waals surface area contributed by atoms with Crippen molar-refractivity contribution in [3.8, 4) is 0 Å². The zero-order chi connectivity index (χ0) is 13.5. The molecule has 1 unspecified atom stereocenters. The van der Waals surface area contributed by atoms with Crippen LogP contribution in [0.1, 0.15) is 26.7 Å². The summed E-state index contributed by atoms with van der Waals surface area (Å²) >= 11 is 0. The van der Waals surface area contributed by atoms with Crippen LogP contribution in [0.15, 0.2) is 0 Å². The quantitative estimate of drug-likeness (QED) is 0.734. The molecule has 1 rings (SSSR count). The molecule has 1 atom stereocenters. The van der Waals surface area contributed by atoms with Crippen LogP contribution in [0.25, 0.3) is 0 Å². The van der Waals surface area contributed by atoms with Gasteiger partial charge in [0.25, 0.3) is 0 Å². The number of carbonyl (C=O) groups is 2. The Morgan fingerprint density at radius 1 is 1.44 bits per heavy atom. The van der Waals surface area contributed by atoms with E-state index in [1.165, 1.54) is 7.11 Å². The Labute approximate surface area is 109 Å². The standard InChI is InChI=1S/C13H24N2O3/c1-10(2)7-14-12(16)9-15-6-4-5-11(8-15)13(17)18-3/h10-11H,4-9H2,1-3H3,(H,14,16). The predicted molar refractivity (Wildman–Crippen MR) is 69.0 cm³/mol. The summed E-state index contributed by atoms with van der Waals surface area (Å²) in [5.74, 6) is 0.247. The van der Waals surface area contributed by atoms with Gasteiger partial charge in [-0.25, -0.2) is 0 Å². The lowest BCUT2D eigenvalue weighted by molar-refractivity contribution is -0.147. The molecule has 0 aliphatic carbocycles. The second-order valence-electron chi connectivity index (χ2n) is 5.30. The molecule has 1 fully saturated rings. The molecular weight excluding hydrogens is 232 g/mol. The van der Waals surface area contributed by atoms with Gasteiger partial charge in [0.1, 0.15) is 0 Å². The highest BCUT2D eigenvalue weighted by atomic mass is 16.5. The maximum atomic E-state index is 11.7. The summed E-state index contributed by atoms with van der Waals surface area (Å²) in [6.07, 6.45) is 1.80. The predicted octanol–water partition coefficient (Wildman–Crippen LogP) is 0.644. The minimum atomic E-state index is -0.165. The summed E-state index contributed by atoms with van der Waals surface area (Å²) in [6.45, 7) is 6.71. The number of nitrogens with one attached hydrogen (secondary N) is 1. The van der Waals surface area contributed by atoms with E-state index < -0.39 is 0 Å². The Morgan fingerprint density at radius 3 is 2.78 bits per heavy atom. The molecule has 0 saturated carbocycles. The smallest absolute Gasteiger partial charge is 0.309 e. The number of amides is 1. The average Bonchev–Trinajstić information content (AvgIpc) is 2.35. The largest absolute Gasteiger partial charge is 0.469 e. The second kappa shape index (κ2) is 7.36. The van der Waals surface area contributed by atoms with Gasteiger partial charge in [-0.15, -0.1) is 0 Å². The summed E-state index contributed by atoms with van der Waals surface area (Å²) in [5.41, 5.74) is 0. The molecule has 1 saturated heterocycles. The number of methoxy groups -OCH3 is 1. The molecule has 1 aliphatic heterocycles. The topological polar surface area (TPSA) is 58.6 Å². The van der Waals surface area contributed by atoms with Crippen LogP contribution in [-0.4, -0.2) is 50.1 Å². The van der Waals surface area contributed by atoms with Gasteiger partial charge in [-0.05, 0) is 25.3 Å². The number of piperidine rings is 1. The van der Waals surface area contributed by atoms with Crippen molar-refractivity contribution in [3.63, 3.8) is 0 Å². The van der Waals surface area contributed by atoms with Crippen molar-refractivity contribution >= 4 is 11.9 Å². The minimum Gasteiger partial charge on any atom is -0.469 e. The van der Waals surface area contributed by atoms with Crippen molar-refractivity contribution < 1.29 is 14.3 Å². The normalized spacial score (nSPS) is 20.8. The molecule has 5 heteroatoms.